The Morgan fingerprint density at radius 3 is 2.39 bits per heavy atom. The summed E-state index contributed by atoms with van der Waals surface area (Å²) in [6.45, 7) is 7.85. The van der Waals surface area contributed by atoms with Gasteiger partial charge in [-0.1, -0.05) is 30.7 Å². The lowest BCUT2D eigenvalue weighted by molar-refractivity contribution is 0.162. The number of rotatable bonds is 10. The molecule has 28 heavy (non-hydrogen) atoms. The number of hydrogen-bond donors (Lipinski definition) is 2. The largest absolute Gasteiger partial charge is 0.383 e. The first-order chi connectivity index (χ1) is 13.2. The Hall–Kier alpha value is -0.900. The van der Waals surface area contributed by atoms with Crippen LogP contribution in [0.2, 0.25) is 0 Å². The number of aliphatic imine (C=N–C) groups is 1. The molecule has 2 N–H and O–H groups in total. The molecule has 1 aromatic carbocycles. The van der Waals surface area contributed by atoms with Crippen molar-refractivity contribution in [2.75, 3.05) is 60.5 Å². The fourth-order valence-electron chi connectivity index (χ4n) is 3.27. The van der Waals surface area contributed by atoms with Crippen LogP contribution in [0.1, 0.15) is 30.4 Å². The number of halogens is 1. The standard InChI is InChI=1S/C21H37N5O.HI/c1-22-21(23-11-14-25(2)15-16-27-3)24-17-19-7-9-20(10-8-19)18-26-12-5-4-6-13-26;/h7-10H,4-6,11-18H2,1-3H3,(H2,22,23,24);1H. The van der Waals surface area contributed by atoms with Gasteiger partial charge in [-0.25, -0.2) is 0 Å². The van der Waals surface area contributed by atoms with Crippen molar-refractivity contribution >= 4 is 29.9 Å². The maximum absolute atomic E-state index is 5.10. The number of piperidine rings is 1. The summed E-state index contributed by atoms with van der Waals surface area (Å²) in [7, 11) is 5.64. The van der Waals surface area contributed by atoms with Gasteiger partial charge in [-0.15, -0.1) is 24.0 Å². The number of nitrogens with one attached hydrogen (secondary N) is 2. The van der Waals surface area contributed by atoms with Crippen LogP contribution < -0.4 is 10.6 Å². The summed E-state index contributed by atoms with van der Waals surface area (Å²) >= 11 is 0. The second-order valence-electron chi connectivity index (χ2n) is 7.30. The molecule has 0 spiro atoms. The van der Waals surface area contributed by atoms with Gasteiger partial charge in [0.25, 0.3) is 0 Å². The summed E-state index contributed by atoms with van der Waals surface area (Å²) in [6, 6.07) is 8.95. The molecule has 0 saturated carbocycles. The maximum atomic E-state index is 5.10. The number of benzene rings is 1. The third kappa shape index (κ3) is 10.0. The summed E-state index contributed by atoms with van der Waals surface area (Å²) in [5.41, 5.74) is 2.68. The van der Waals surface area contributed by atoms with E-state index in [0.29, 0.717) is 0 Å². The molecule has 0 amide bonds. The minimum Gasteiger partial charge on any atom is -0.383 e. The van der Waals surface area contributed by atoms with E-state index in [4.69, 9.17) is 4.74 Å². The Morgan fingerprint density at radius 1 is 1.07 bits per heavy atom. The molecule has 1 aliphatic heterocycles. The zero-order valence-electron chi connectivity index (χ0n) is 17.7. The van der Waals surface area contributed by atoms with Gasteiger partial charge in [0.1, 0.15) is 0 Å². The van der Waals surface area contributed by atoms with Crippen LogP contribution in [0.25, 0.3) is 0 Å². The van der Waals surface area contributed by atoms with E-state index >= 15 is 0 Å². The van der Waals surface area contributed by atoms with E-state index in [1.807, 2.05) is 7.05 Å². The molecule has 160 valence electrons. The first-order valence-electron chi connectivity index (χ1n) is 10.1. The third-order valence-corrected chi connectivity index (χ3v) is 5.02. The molecule has 0 bridgehead atoms. The normalized spacial score (nSPS) is 15.4. The number of guanidine groups is 1. The van der Waals surface area contributed by atoms with Gasteiger partial charge >= 0.3 is 0 Å². The fraction of sp³-hybridized carbons (Fsp3) is 0.667. The number of nitrogens with zero attached hydrogens (tertiary/aromatic N) is 3. The van der Waals surface area contributed by atoms with Gasteiger partial charge in [-0.3, -0.25) is 9.89 Å². The van der Waals surface area contributed by atoms with Gasteiger partial charge in [0, 0.05) is 46.9 Å². The van der Waals surface area contributed by atoms with Gasteiger partial charge in [-0.05, 0) is 44.1 Å². The molecule has 1 aliphatic rings. The average molecular weight is 503 g/mol. The number of likely N-dealkylation sites (N-methyl/N-ethyl adjacent to an activating group) is 1. The number of likely N-dealkylation sites (tertiary alicyclic amines) is 1. The first-order valence-corrected chi connectivity index (χ1v) is 10.1. The lowest BCUT2D eigenvalue weighted by atomic mass is 10.1. The highest BCUT2D eigenvalue weighted by molar-refractivity contribution is 14.0. The summed E-state index contributed by atoms with van der Waals surface area (Å²) in [4.78, 5) is 9.10. The molecule has 1 aromatic rings. The van der Waals surface area contributed by atoms with E-state index in [2.05, 4.69) is 56.7 Å². The number of hydrogen-bond acceptors (Lipinski definition) is 4. The molecule has 0 unspecified atom stereocenters. The van der Waals surface area contributed by atoms with E-state index in [0.717, 1.165) is 45.3 Å². The van der Waals surface area contributed by atoms with Crippen LogP contribution in [-0.4, -0.2) is 76.3 Å². The van der Waals surface area contributed by atoms with Crippen LogP contribution in [0, 0.1) is 0 Å². The molecule has 1 saturated heterocycles. The molecule has 1 heterocycles. The van der Waals surface area contributed by atoms with Crippen LogP contribution in [0.3, 0.4) is 0 Å². The van der Waals surface area contributed by atoms with Crippen molar-refractivity contribution in [3.05, 3.63) is 35.4 Å². The highest BCUT2D eigenvalue weighted by Crippen LogP contribution is 2.13. The molecule has 0 aromatic heterocycles. The minimum absolute atomic E-state index is 0. The fourth-order valence-corrected chi connectivity index (χ4v) is 3.27. The van der Waals surface area contributed by atoms with E-state index in [1.165, 1.54) is 43.5 Å². The van der Waals surface area contributed by atoms with E-state index in [9.17, 15) is 0 Å². The van der Waals surface area contributed by atoms with Gasteiger partial charge in [0.2, 0.25) is 0 Å². The smallest absolute Gasteiger partial charge is 0.191 e. The average Bonchev–Trinajstić information content (AvgIpc) is 2.71. The Morgan fingerprint density at radius 2 is 1.75 bits per heavy atom. The van der Waals surface area contributed by atoms with Crippen molar-refractivity contribution in [1.29, 1.82) is 0 Å². The van der Waals surface area contributed by atoms with Crippen LogP contribution in [0.15, 0.2) is 29.3 Å². The Bertz CT molecular complexity index is 546. The Labute approximate surface area is 188 Å². The second kappa shape index (κ2) is 15.0. The van der Waals surface area contributed by atoms with Gasteiger partial charge in [-0.2, -0.15) is 0 Å². The van der Waals surface area contributed by atoms with E-state index < -0.39 is 0 Å². The van der Waals surface area contributed by atoms with Crippen molar-refractivity contribution in [2.45, 2.75) is 32.4 Å². The third-order valence-electron chi connectivity index (χ3n) is 5.02. The van der Waals surface area contributed by atoms with Crippen molar-refractivity contribution in [2.24, 2.45) is 4.99 Å². The predicted octanol–water partition coefficient (Wildman–Crippen LogP) is 2.53. The summed E-state index contributed by atoms with van der Waals surface area (Å²) in [6.07, 6.45) is 4.08. The summed E-state index contributed by atoms with van der Waals surface area (Å²) < 4.78 is 5.10. The number of methoxy groups -OCH3 is 1. The highest BCUT2D eigenvalue weighted by atomic mass is 127. The molecular formula is C21H38IN5O. The van der Waals surface area contributed by atoms with Crippen molar-refractivity contribution in [3.8, 4) is 0 Å². The quantitative estimate of drug-likeness (QED) is 0.292. The molecule has 2 rings (SSSR count). The van der Waals surface area contributed by atoms with Gasteiger partial charge in [0.15, 0.2) is 5.96 Å². The lowest BCUT2D eigenvalue weighted by Gasteiger charge is -2.26. The maximum Gasteiger partial charge on any atom is 0.191 e. The highest BCUT2D eigenvalue weighted by Gasteiger charge is 2.10. The Kier molecular flexibility index (Phi) is 13.5. The molecule has 0 radical (unpaired) electrons. The summed E-state index contributed by atoms with van der Waals surface area (Å²) in [5, 5.41) is 6.75. The van der Waals surface area contributed by atoms with E-state index in [1.54, 1.807) is 7.11 Å². The zero-order valence-corrected chi connectivity index (χ0v) is 20.1. The first kappa shape index (κ1) is 25.1. The Balaban J connectivity index is 0.00000392. The minimum atomic E-state index is 0. The predicted molar refractivity (Wildman–Crippen MR) is 129 cm³/mol. The lowest BCUT2D eigenvalue weighted by Crippen LogP contribution is -2.41. The van der Waals surface area contributed by atoms with Crippen LogP contribution >= 0.6 is 24.0 Å². The molecule has 0 aliphatic carbocycles. The second-order valence-corrected chi connectivity index (χ2v) is 7.30. The van der Waals surface area contributed by atoms with Gasteiger partial charge in [0.05, 0.1) is 6.61 Å². The monoisotopic (exact) mass is 503 g/mol. The van der Waals surface area contributed by atoms with Crippen LogP contribution in [-0.2, 0) is 17.8 Å². The molecule has 6 nitrogen and oxygen atoms in total. The van der Waals surface area contributed by atoms with E-state index in [-0.39, 0.29) is 24.0 Å². The SMILES string of the molecule is CN=C(NCCN(C)CCOC)NCc1ccc(CN2CCCCC2)cc1.I. The molecule has 1 fully saturated rings. The van der Waals surface area contributed by atoms with Crippen LogP contribution in [0.5, 0.6) is 0 Å². The van der Waals surface area contributed by atoms with Gasteiger partial charge < -0.3 is 20.3 Å². The number of ether oxygens (including phenoxy) is 1. The molecule has 7 heteroatoms. The van der Waals surface area contributed by atoms with Crippen LogP contribution in [0.4, 0.5) is 0 Å². The van der Waals surface area contributed by atoms with Crippen molar-refractivity contribution < 1.29 is 4.74 Å². The molecule has 0 atom stereocenters. The molecular weight excluding hydrogens is 465 g/mol. The van der Waals surface area contributed by atoms with Crippen molar-refractivity contribution in [3.63, 3.8) is 0 Å². The van der Waals surface area contributed by atoms with Crippen molar-refractivity contribution in [1.82, 2.24) is 20.4 Å². The topological polar surface area (TPSA) is 52.1 Å². The zero-order chi connectivity index (χ0) is 19.3. The summed E-state index contributed by atoms with van der Waals surface area (Å²) in [5.74, 6) is 0.840.